The van der Waals surface area contributed by atoms with Crippen LogP contribution in [0.1, 0.15) is 41.4 Å². The summed E-state index contributed by atoms with van der Waals surface area (Å²) in [7, 11) is -54.9. The maximum Gasteiger partial charge on any atom is 0.328 e. The molecule has 8 aromatic rings. The first-order valence-corrected chi connectivity index (χ1v) is 39.7. The lowest BCUT2D eigenvalue weighted by Gasteiger charge is -2.17. The van der Waals surface area contributed by atoms with Crippen LogP contribution in [0.4, 0.5) is 38.9 Å². The highest BCUT2D eigenvalue weighted by Gasteiger charge is 2.32. The normalized spacial score (nSPS) is 12.9. The highest BCUT2D eigenvalue weighted by molar-refractivity contribution is 7.88. The van der Waals surface area contributed by atoms with Crippen molar-refractivity contribution >= 4 is 187 Å². The van der Waals surface area contributed by atoms with Crippen LogP contribution in [0.2, 0.25) is 0 Å². The number of fused-ring (bicyclic) bond motifs is 2. The van der Waals surface area contributed by atoms with Gasteiger partial charge in [0.2, 0.25) is 0 Å². The number of anilines is 6. The maximum absolute atomic E-state index is 13.6. The summed E-state index contributed by atoms with van der Waals surface area (Å²) in [6, 6.07) is 7.78. The number of hydrogen-bond donors (Lipinski definition) is 16. The standard InChI is InChI=1S/C49H36N6O35S10/c56-45(21-1-5-31(37(13-21)95(73,74)75)50-35-17-27(91(61,62)63)9-25-11-29(93(67,68)69)19-41(43(25)35)99(85,86)87)52-33-7-3-23(15-39(33)97(79,80)81)47(58)54-49(60)55-48(59)24-4-8-34(40(16-24)98(82,83)84)53-46(57)22-2-6-32(38(14-22)96(76,77)78)51-36-18-28(92(64,65)66)10-26-12-30(94(70,71)72)20-42(44(26)36)100(88,89)90/h1-20,50-51H,(H,52,56)(H,53,57)(H,61,62,63)(H,64,65,66)(H,67,68,69)(H,70,71,72)(H,73,74,75)(H,76,77,78)(H,79,80,81)(H,82,83,84)(H,85,86,87)(H,88,89,90)(H2,54,55,58,59,60). The van der Waals surface area contributed by atoms with E-state index in [0.717, 1.165) is 0 Å². The number of rotatable bonds is 20. The van der Waals surface area contributed by atoms with Gasteiger partial charge in [0.15, 0.2) is 0 Å². The van der Waals surface area contributed by atoms with Gasteiger partial charge in [0.1, 0.15) is 29.4 Å². The van der Waals surface area contributed by atoms with E-state index in [1.54, 1.807) is 10.6 Å². The Morgan fingerprint density at radius 2 is 0.470 bits per heavy atom. The second kappa shape index (κ2) is 26.2. The van der Waals surface area contributed by atoms with E-state index in [1.807, 2.05) is 10.6 Å². The molecule has 0 saturated heterocycles. The van der Waals surface area contributed by atoms with Crippen LogP contribution >= 0.6 is 0 Å². The van der Waals surface area contributed by atoms with Gasteiger partial charge in [-0.15, -0.1) is 0 Å². The largest absolute Gasteiger partial charge is 0.354 e. The molecule has 0 aromatic heterocycles. The smallest absolute Gasteiger partial charge is 0.328 e. The van der Waals surface area contributed by atoms with Crippen LogP contribution in [0.15, 0.2) is 170 Å². The molecule has 0 radical (unpaired) electrons. The summed E-state index contributed by atoms with van der Waals surface area (Å²) in [4.78, 5) is 53.6. The zero-order valence-corrected chi connectivity index (χ0v) is 56.0. The van der Waals surface area contributed by atoms with Crippen molar-refractivity contribution in [1.82, 2.24) is 10.6 Å². The monoisotopic (exact) mass is 1590 g/mol. The third kappa shape index (κ3) is 17.2. The van der Waals surface area contributed by atoms with Crippen molar-refractivity contribution in [2.45, 2.75) is 49.0 Å². The molecule has 16 N–H and O–H groups in total. The third-order valence-electron chi connectivity index (χ3n) is 13.2. The molecule has 8 aromatic carbocycles. The van der Waals surface area contributed by atoms with E-state index in [-0.39, 0.29) is 12.1 Å². The van der Waals surface area contributed by atoms with Gasteiger partial charge in [0, 0.05) is 44.4 Å². The summed E-state index contributed by atoms with van der Waals surface area (Å²) in [5, 5.41) is 8.11. The molecule has 100 heavy (non-hydrogen) atoms. The molecule has 0 unspecified atom stereocenters. The van der Waals surface area contributed by atoms with Gasteiger partial charge in [0.05, 0.1) is 42.3 Å². The fourth-order valence-corrected chi connectivity index (χ4v) is 15.6. The summed E-state index contributed by atoms with van der Waals surface area (Å²) >= 11 is 0. The molecule has 0 aliphatic rings. The summed E-state index contributed by atoms with van der Waals surface area (Å²) in [6.45, 7) is 0. The van der Waals surface area contributed by atoms with E-state index in [9.17, 15) is 154 Å². The topological polar surface area (TPSA) is 701 Å². The maximum atomic E-state index is 13.6. The molecule has 532 valence electrons. The molecule has 0 bridgehead atoms. The molecule has 41 nitrogen and oxygen atoms in total. The molecule has 6 amide bonds. The lowest BCUT2D eigenvalue weighted by atomic mass is 10.1. The van der Waals surface area contributed by atoms with Crippen LogP contribution in [0, 0.1) is 0 Å². The number of carbonyl (C=O) groups excluding carboxylic acids is 5. The Morgan fingerprint density at radius 1 is 0.240 bits per heavy atom. The molecule has 0 heterocycles. The first kappa shape index (κ1) is 76.3. The second-order valence-corrected chi connectivity index (χ2v) is 34.0. The van der Waals surface area contributed by atoms with Gasteiger partial charge >= 0.3 is 6.03 Å². The molecule has 0 saturated carbocycles. The average Bonchev–Trinajstić information content (AvgIpc) is 0.750. The predicted molar refractivity (Wildman–Crippen MR) is 335 cm³/mol. The molecule has 0 aliphatic carbocycles. The van der Waals surface area contributed by atoms with Crippen LogP contribution in [-0.2, 0) is 101 Å². The van der Waals surface area contributed by atoms with Crippen molar-refractivity contribution < 1.29 is 154 Å². The first-order valence-electron chi connectivity index (χ1n) is 25.3. The molecular formula is C49H36N6O35S10. The highest BCUT2D eigenvalue weighted by atomic mass is 32.3. The van der Waals surface area contributed by atoms with Crippen LogP contribution < -0.4 is 31.9 Å². The Hall–Kier alpha value is -9.47. The minimum absolute atomic E-state index is 0.192. The lowest BCUT2D eigenvalue weighted by molar-refractivity contribution is 0.0941. The van der Waals surface area contributed by atoms with Crippen molar-refractivity contribution in [2.24, 2.45) is 0 Å². The number of benzene rings is 8. The van der Waals surface area contributed by atoms with Crippen molar-refractivity contribution in [2.75, 3.05) is 21.3 Å². The Labute approximate surface area is 560 Å². The minimum atomic E-state index is -5.60. The van der Waals surface area contributed by atoms with E-state index in [2.05, 4.69) is 10.6 Å². The summed E-state index contributed by atoms with van der Waals surface area (Å²) in [5.74, 6) is -6.26. The van der Waals surface area contributed by atoms with Crippen molar-refractivity contribution in [3.8, 4) is 0 Å². The third-order valence-corrected chi connectivity index (χ3v) is 21.9. The Bertz CT molecular complexity index is 5860. The van der Waals surface area contributed by atoms with Gasteiger partial charge < -0.3 is 21.3 Å². The van der Waals surface area contributed by atoms with Crippen LogP contribution in [0.25, 0.3) is 21.5 Å². The second-order valence-electron chi connectivity index (χ2n) is 20.0. The number of carbonyl (C=O) groups is 5. The Kier molecular flexibility index (Phi) is 20.0. The van der Waals surface area contributed by atoms with Crippen molar-refractivity contribution in [3.05, 3.63) is 144 Å². The molecule has 51 heteroatoms. The molecule has 0 atom stereocenters. The van der Waals surface area contributed by atoms with Gasteiger partial charge in [-0.2, -0.15) is 84.2 Å². The number of imide groups is 2. The fourth-order valence-electron chi connectivity index (χ4n) is 9.03. The van der Waals surface area contributed by atoms with Gasteiger partial charge in [-0.05, 0) is 132 Å². The first-order chi connectivity index (χ1) is 45.4. The Balaban J connectivity index is 1.01. The minimum Gasteiger partial charge on any atom is -0.354 e. The van der Waals surface area contributed by atoms with E-state index in [0.29, 0.717) is 109 Å². The number of amides is 6. The quantitative estimate of drug-likeness (QED) is 0.0488. The molecule has 0 fully saturated rings. The molecular weight excluding hydrogens is 1550 g/mol. The summed E-state index contributed by atoms with van der Waals surface area (Å²) in [6.07, 6.45) is 0. The van der Waals surface area contributed by atoms with E-state index in [4.69, 9.17) is 0 Å². The van der Waals surface area contributed by atoms with Gasteiger partial charge in [-0.25, -0.2) is 4.79 Å². The zero-order valence-electron chi connectivity index (χ0n) is 47.8. The van der Waals surface area contributed by atoms with Gasteiger partial charge in [-0.1, -0.05) is 0 Å². The van der Waals surface area contributed by atoms with Crippen LogP contribution in [0.5, 0.6) is 0 Å². The van der Waals surface area contributed by atoms with Crippen molar-refractivity contribution in [3.63, 3.8) is 0 Å². The number of hydrogen-bond acceptors (Lipinski definition) is 27. The lowest BCUT2D eigenvalue weighted by Crippen LogP contribution is -2.42. The number of nitrogens with one attached hydrogen (secondary N) is 6. The Morgan fingerprint density at radius 3 is 0.720 bits per heavy atom. The molecule has 0 spiro atoms. The summed E-state index contributed by atoms with van der Waals surface area (Å²) in [5.41, 5.74) is -8.86. The predicted octanol–water partition coefficient (Wildman–Crippen LogP) is 2.73. The van der Waals surface area contributed by atoms with E-state index >= 15 is 0 Å². The van der Waals surface area contributed by atoms with Crippen molar-refractivity contribution in [1.29, 1.82) is 0 Å². The van der Waals surface area contributed by atoms with Crippen LogP contribution in [0.3, 0.4) is 0 Å². The fraction of sp³-hybridized carbons (Fsp3) is 0. The van der Waals surface area contributed by atoms with Gasteiger partial charge in [-0.3, -0.25) is 75.3 Å². The highest BCUT2D eigenvalue weighted by Crippen LogP contribution is 2.41. The number of urea groups is 1. The van der Waals surface area contributed by atoms with Gasteiger partial charge in [0.25, 0.3) is 125 Å². The van der Waals surface area contributed by atoms with E-state index in [1.165, 1.54) is 0 Å². The summed E-state index contributed by atoms with van der Waals surface area (Å²) < 4.78 is 348. The molecule has 8 rings (SSSR count). The van der Waals surface area contributed by atoms with E-state index < -0.39 is 258 Å². The molecule has 0 aliphatic heterocycles. The average molecular weight is 1590 g/mol. The SMILES string of the molecule is O=C(NC(=O)c1ccc(NC(=O)c2ccc(Nc3cc(S(=O)(=O)O)cc4cc(S(=O)(=O)O)cc(S(=O)(=O)O)c34)c(S(=O)(=O)O)c2)c(S(=O)(=O)O)c1)NC(=O)c1ccc(NC(=O)c2ccc(Nc3cc(S(=O)(=O)O)cc4cc(S(=O)(=O)O)cc(S(=O)(=O)O)c34)c(S(=O)(=O)O)c2)c(S(=O)(=O)O)c1. The zero-order chi connectivity index (χ0) is 75.1. The van der Waals surface area contributed by atoms with Crippen LogP contribution in [-0.4, -0.2) is 159 Å².